The third-order valence-corrected chi connectivity index (χ3v) is 1.17. The lowest BCUT2D eigenvalue weighted by atomic mass is 10.4. The zero-order valence-corrected chi connectivity index (χ0v) is 5.37. The molecule has 1 aliphatic heterocycles. The van der Waals surface area contributed by atoms with E-state index in [0.717, 1.165) is 0 Å². The summed E-state index contributed by atoms with van der Waals surface area (Å²) in [6, 6.07) is 0. The first kappa shape index (κ1) is 7.46. The van der Waals surface area contributed by atoms with E-state index in [-0.39, 0.29) is 6.42 Å². The van der Waals surface area contributed by atoms with E-state index in [1.807, 2.05) is 0 Å². The molecular formula is C5H9NO4. The molecule has 0 aromatic heterocycles. The number of hydrogen-bond donors (Lipinski definition) is 2. The normalized spacial score (nSPS) is 19.3. The molecule has 0 spiro atoms. The van der Waals surface area contributed by atoms with Crippen molar-refractivity contribution in [1.82, 2.24) is 5.48 Å². The zero-order chi connectivity index (χ0) is 7.40. The van der Waals surface area contributed by atoms with Crippen LogP contribution in [0.25, 0.3) is 0 Å². The average molecular weight is 147 g/mol. The Hall–Kier alpha value is -0.650. The van der Waals surface area contributed by atoms with Crippen molar-refractivity contribution in [1.29, 1.82) is 0 Å². The Balaban J connectivity index is 2.17. The smallest absolute Gasteiger partial charge is 0.248 e. The Morgan fingerprint density at radius 2 is 2.20 bits per heavy atom. The van der Waals surface area contributed by atoms with Crippen molar-refractivity contribution in [2.24, 2.45) is 0 Å². The van der Waals surface area contributed by atoms with E-state index in [1.165, 1.54) is 5.48 Å². The van der Waals surface area contributed by atoms with E-state index < -0.39 is 12.2 Å². The summed E-state index contributed by atoms with van der Waals surface area (Å²) < 4.78 is 9.86. The maximum atomic E-state index is 10.4. The van der Waals surface area contributed by atoms with E-state index in [4.69, 9.17) is 14.7 Å². The molecule has 58 valence electrons. The first-order chi connectivity index (χ1) is 4.83. The van der Waals surface area contributed by atoms with Crippen molar-refractivity contribution in [3.8, 4) is 0 Å². The van der Waals surface area contributed by atoms with Crippen LogP contribution >= 0.6 is 0 Å². The van der Waals surface area contributed by atoms with E-state index in [1.54, 1.807) is 0 Å². The van der Waals surface area contributed by atoms with Gasteiger partial charge in [0.1, 0.15) is 0 Å². The van der Waals surface area contributed by atoms with Crippen LogP contribution in [0.4, 0.5) is 0 Å². The molecule has 5 heteroatoms. The fourth-order valence-electron chi connectivity index (χ4n) is 0.722. The van der Waals surface area contributed by atoms with Crippen LogP contribution in [-0.4, -0.2) is 30.6 Å². The summed E-state index contributed by atoms with van der Waals surface area (Å²) in [5.74, 6) is -0.494. The van der Waals surface area contributed by atoms with Crippen LogP contribution in [0.3, 0.4) is 0 Å². The summed E-state index contributed by atoms with van der Waals surface area (Å²) >= 11 is 0. The predicted octanol–water partition coefficient (Wildman–Crippen LogP) is -0.745. The Kier molecular flexibility index (Phi) is 2.61. The van der Waals surface area contributed by atoms with E-state index in [9.17, 15) is 4.79 Å². The van der Waals surface area contributed by atoms with Crippen LogP contribution in [0.1, 0.15) is 6.42 Å². The quantitative estimate of drug-likeness (QED) is 0.398. The van der Waals surface area contributed by atoms with E-state index in [2.05, 4.69) is 0 Å². The first-order valence-electron chi connectivity index (χ1n) is 2.99. The van der Waals surface area contributed by atoms with Crippen molar-refractivity contribution >= 4 is 5.91 Å². The highest BCUT2D eigenvalue weighted by molar-refractivity contribution is 5.74. The Morgan fingerprint density at radius 1 is 1.60 bits per heavy atom. The summed E-state index contributed by atoms with van der Waals surface area (Å²) in [7, 11) is 0. The molecule has 0 aromatic carbocycles. The molecule has 1 aliphatic rings. The van der Waals surface area contributed by atoms with Gasteiger partial charge in [0.25, 0.3) is 0 Å². The van der Waals surface area contributed by atoms with Crippen molar-refractivity contribution in [2.75, 3.05) is 13.2 Å². The molecule has 0 saturated carbocycles. The van der Waals surface area contributed by atoms with Gasteiger partial charge >= 0.3 is 0 Å². The molecule has 1 rings (SSSR count). The lowest BCUT2D eigenvalue weighted by molar-refractivity contribution is -0.137. The van der Waals surface area contributed by atoms with Gasteiger partial charge in [-0.05, 0) is 0 Å². The van der Waals surface area contributed by atoms with Crippen LogP contribution in [0.15, 0.2) is 0 Å². The molecule has 0 radical (unpaired) electrons. The highest BCUT2D eigenvalue weighted by atomic mass is 16.7. The minimum Gasteiger partial charge on any atom is -0.350 e. The van der Waals surface area contributed by atoms with Crippen molar-refractivity contribution in [3.05, 3.63) is 0 Å². The molecule has 0 unspecified atom stereocenters. The molecule has 1 amide bonds. The summed E-state index contributed by atoms with van der Waals surface area (Å²) in [5, 5.41) is 8.08. The number of carbonyl (C=O) groups excluding carboxylic acids is 1. The monoisotopic (exact) mass is 147 g/mol. The number of rotatable bonds is 2. The second-order valence-electron chi connectivity index (χ2n) is 1.91. The van der Waals surface area contributed by atoms with Crippen LogP contribution in [0.2, 0.25) is 0 Å². The number of nitrogens with one attached hydrogen (secondary N) is 1. The van der Waals surface area contributed by atoms with Gasteiger partial charge in [-0.3, -0.25) is 10.0 Å². The van der Waals surface area contributed by atoms with Gasteiger partial charge in [0, 0.05) is 0 Å². The van der Waals surface area contributed by atoms with Gasteiger partial charge in [-0.1, -0.05) is 0 Å². The van der Waals surface area contributed by atoms with Crippen LogP contribution in [0.5, 0.6) is 0 Å². The molecule has 0 bridgehead atoms. The first-order valence-corrected chi connectivity index (χ1v) is 2.99. The largest absolute Gasteiger partial charge is 0.350 e. The topological polar surface area (TPSA) is 67.8 Å². The molecule has 0 atom stereocenters. The van der Waals surface area contributed by atoms with Crippen molar-refractivity contribution < 1.29 is 19.5 Å². The predicted molar refractivity (Wildman–Crippen MR) is 30.2 cm³/mol. The highest BCUT2D eigenvalue weighted by Gasteiger charge is 2.18. The number of hydroxylamine groups is 1. The molecule has 5 nitrogen and oxygen atoms in total. The van der Waals surface area contributed by atoms with E-state index in [0.29, 0.717) is 13.2 Å². The maximum Gasteiger partial charge on any atom is 0.248 e. The van der Waals surface area contributed by atoms with Crippen molar-refractivity contribution in [2.45, 2.75) is 12.7 Å². The molecule has 2 N–H and O–H groups in total. The van der Waals surface area contributed by atoms with Gasteiger partial charge in [-0.25, -0.2) is 5.48 Å². The Labute approximate surface area is 57.9 Å². The Morgan fingerprint density at radius 3 is 2.70 bits per heavy atom. The van der Waals surface area contributed by atoms with Gasteiger partial charge in [0.15, 0.2) is 6.29 Å². The number of amides is 1. The molecule has 1 heterocycles. The molecule has 10 heavy (non-hydrogen) atoms. The summed E-state index contributed by atoms with van der Waals surface area (Å²) in [4.78, 5) is 10.4. The summed E-state index contributed by atoms with van der Waals surface area (Å²) in [6.45, 7) is 1.03. The lowest BCUT2D eigenvalue weighted by Gasteiger charge is -2.05. The fraction of sp³-hybridized carbons (Fsp3) is 0.800. The molecule has 0 aromatic rings. The molecular weight excluding hydrogens is 138 g/mol. The number of hydrogen-bond acceptors (Lipinski definition) is 4. The standard InChI is InChI=1S/C5H9NO4/c7-4(6-8)3-5-9-1-2-10-5/h5,8H,1-3H2,(H,6,7). The fourth-order valence-corrected chi connectivity index (χ4v) is 0.722. The van der Waals surface area contributed by atoms with Crippen LogP contribution < -0.4 is 5.48 Å². The van der Waals surface area contributed by atoms with Crippen LogP contribution in [0, 0.1) is 0 Å². The SMILES string of the molecule is O=C(CC1OCCO1)NO. The second-order valence-corrected chi connectivity index (χ2v) is 1.91. The maximum absolute atomic E-state index is 10.4. The zero-order valence-electron chi connectivity index (χ0n) is 5.37. The summed E-state index contributed by atoms with van der Waals surface area (Å²) in [6.07, 6.45) is -0.427. The van der Waals surface area contributed by atoms with Gasteiger partial charge in [-0.2, -0.15) is 0 Å². The van der Waals surface area contributed by atoms with Crippen molar-refractivity contribution in [3.63, 3.8) is 0 Å². The molecule has 0 aliphatic carbocycles. The number of ether oxygens (including phenoxy) is 2. The van der Waals surface area contributed by atoms with Gasteiger partial charge in [0.2, 0.25) is 5.91 Å². The van der Waals surface area contributed by atoms with E-state index >= 15 is 0 Å². The molecule has 1 fully saturated rings. The highest BCUT2D eigenvalue weighted by Crippen LogP contribution is 2.06. The van der Waals surface area contributed by atoms with Crippen LogP contribution in [-0.2, 0) is 14.3 Å². The van der Waals surface area contributed by atoms with Gasteiger partial charge < -0.3 is 9.47 Å². The Bertz CT molecular complexity index is 121. The molecule has 1 saturated heterocycles. The average Bonchev–Trinajstić information content (AvgIpc) is 2.40. The second kappa shape index (κ2) is 3.50. The minimum atomic E-state index is -0.494. The van der Waals surface area contributed by atoms with Gasteiger partial charge in [0.05, 0.1) is 19.6 Å². The third kappa shape index (κ3) is 1.94. The van der Waals surface area contributed by atoms with Gasteiger partial charge in [-0.15, -0.1) is 0 Å². The minimum absolute atomic E-state index is 0.0521. The number of carbonyl (C=O) groups is 1. The summed E-state index contributed by atoms with van der Waals surface area (Å²) in [5.41, 5.74) is 1.49. The lowest BCUT2D eigenvalue weighted by Crippen LogP contribution is -2.24. The third-order valence-electron chi connectivity index (χ3n) is 1.17.